The monoisotopic (exact) mass is 322 g/mol. The molecule has 22 heavy (non-hydrogen) atoms. The molecular formula is C15H22N4O2S. The lowest BCUT2D eigenvalue weighted by molar-refractivity contribution is -0.134. The highest BCUT2D eigenvalue weighted by Gasteiger charge is 2.31. The number of thioether (sulfide) groups is 1. The molecule has 1 aliphatic rings. The minimum Gasteiger partial charge on any atom is -0.355 e. The number of nitrogens with one attached hydrogen (secondary N) is 2. The molecule has 0 radical (unpaired) electrons. The van der Waals surface area contributed by atoms with Crippen molar-refractivity contribution in [2.75, 3.05) is 31.6 Å². The minimum atomic E-state index is -0.414. The summed E-state index contributed by atoms with van der Waals surface area (Å²) in [5.41, 5.74) is 1.05. The number of rotatable bonds is 7. The molecule has 120 valence electrons. The molecule has 2 amide bonds. The topological polar surface area (TPSA) is 74.3 Å². The van der Waals surface area contributed by atoms with Gasteiger partial charge >= 0.3 is 0 Å². The molecule has 1 aliphatic heterocycles. The molecule has 0 unspecified atom stereocenters. The van der Waals surface area contributed by atoms with Gasteiger partial charge in [-0.15, -0.1) is 0 Å². The van der Waals surface area contributed by atoms with Gasteiger partial charge in [0.2, 0.25) is 11.8 Å². The Kier molecular flexibility index (Phi) is 6.67. The van der Waals surface area contributed by atoms with Crippen LogP contribution in [0.5, 0.6) is 0 Å². The van der Waals surface area contributed by atoms with E-state index in [1.54, 1.807) is 24.2 Å². The average molecular weight is 322 g/mol. The summed E-state index contributed by atoms with van der Waals surface area (Å²) in [4.78, 5) is 30.2. The Morgan fingerprint density at radius 3 is 3.18 bits per heavy atom. The number of carbonyl (C=O) groups excluding carboxylic acids is 2. The van der Waals surface area contributed by atoms with Gasteiger partial charge in [0.1, 0.15) is 0 Å². The van der Waals surface area contributed by atoms with Crippen molar-refractivity contribution in [3.8, 4) is 0 Å². The molecule has 2 rings (SSSR count). The van der Waals surface area contributed by atoms with Crippen molar-refractivity contribution >= 4 is 23.6 Å². The number of piperazine rings is 1. The number of hydrogen-bond acceptors (Lipinski definition) is 5. The Morgan fingerprint density at radius 2 is 2.45 bits per heavy atom. The maximum Gasteiger partial charge on any atom is 0.237 e. The van der Waals surface area contributed by atoms with Gasteiger partial charge in [0.05, 0.1) is 12.5 Å². The van der Waals surface area contributed by atoms with Gasteiger partial charge in [-0.2, -0.15) is 11.8 Å². The highest BCUT2D eigenvalue weighted by molar-refractivity contribution is 7.98. The van der Waals surface area contributed by atoms with Gasteiger partial charge in [-0.25, -0.2) is 0 Å². The highest BCUT2D eigenvalue weighted by atomic mass is 32.2. The first-order chi connectivity index (χ1) is 10.7. The van der Waals surface area contributed by atoms with Crippen molar-refractivity contribution in [3.63, 3.8) is 0 Å². The zero-order valence-electron chi connectivity index (χ0n) is 12.7. The molecule has 2 N–H and O–H groups in total. The van der Waals surface area contributed by atoms with Crippen LogP contribution >= 0.6 is 11.8 Å². The molecule has 2 heterocycles. The number of nitrogens with zero attached hydrogens (tertiary/aromatic N) is 2. The van der Waals surface area contributed by atoms with Crippen LogP contribution in [0.2, 0.25) is 0 Å². The van der Waals surface area contributed by atoms with Crippen molar-refractivity contribution in [3.05, 3.63) is 30.1 Å². The summed E-state index contributed by atoms with van der Waals surface area (Å²) in [5, 5.41) is 5.70. The Bertz CT molecular complexity index is 498. The van der Waals surface area contributed by atoms with Crippen LogP contribution in [0.15, 0.2) is 24.5 Å². The van der Waals surface area contributed by atoms with Gasteiger partial charge in [0, 0.05) is 44.3 Å². The van der Waals surface area contributed by atoms with E-state index in [4.69, 9.17) is 0 Å². The number of aromatic nitrogens is 1. The predicted octanol–water partition coefficient (Wildman–Crippen LogP) is 0.251. The third-order valence-electron chi connectivity index (χ3n) is 3.56. The molecule has 1 fully saturated rings. The second-order valence-electron chi connectivity index (χ2n) is 5.19. The summed E-state index contributed by atoms with van der Waals surface area (Å²) < 4.78 is 0. The molecule has 0 spiro atoms. The van der Waals surface area contributed by atoms with E-state index in [-0.39, 0.29) is 18.2 Å². The van der Waals surface area contributed by atoms with E-state index in [0.29, 0.717) is 19.6 Å². The summed E-state index contributed by atoms with van der Waals surface area (Å²) in [6.45, 7) is 2.62. The van der Waals surface area contributed by atoms with Crippen molar-refractivity contribution in [2.45, 2.75) is 19.0 Å². The average Bonchev–Trinajstić information content (AvgIpc) is 2.52. The SMILES string of the molecule is CSCCNC(=O)C[C@@H]1C(=O)NCCN1Cc1cccnc1. The van der Waals surface area contributed by atoms with Crippen molar-refractivity contribution in [1.29, 1.82) is 0 Å². The van der Waals surface area contributed by atoms with Crippen LogP contribution in [0.4, 0.5) is 0 Å². The standard InChI is InChI=1S/C15H22N4O2S/c1-22-8-6-17-14(20)9-13-15(21)18-5-7-19(13)11-12-3-2-4-16-10-12/h2-4,10,13H,5-9,11H2,1H3,(H,17,20)(H,18,21)/t13-/m1/s1. The Morgan fingerprint density at radius 1 is 1.59 bits per heavy atom. The summed E-state index contributed by atoms with van der Waals surface area (Å²) in [6, 6.07) is 3.45. The Hall–Kier alpha value is -1.60. The van der Waals surface area contributed by atoms with Gasteiger partial charge in [0.25, 0.3) is 0 Å². The zero-order valence-corrected chi connectivity index (χ0v) is 13.6. The summed E-state index contributed by atoms with van der Waals surface area (Å²) in [6.07, 6.45) is 5.71. The van der Waals surface area contributed by atoms with Crippen LogP contribution in [0, 0.1) is 0 Å². The van der Waals surface area contributed by atoms with Gasteiger partial charge in [-0.1, -0.05) is 6.07 Å². The molecule has 1 aromatic heterocycles. The maximum atomic E-state index is 12.1. The van der Waals surface area contributed by atoms with Crippen LogP contribution in [0.25, 0.3) is 0 Å². The van der Waals surface area contributed by atoms with E-state index in [1.807, 2.05) is 23.3 Å². The largest absolute Gasteiger partial charge is 0.355 e. The first-order valence-corrected chi connectivity index (χ1v) is 8.76. The summed E-state index contributed by atoms with van der Waals surface area (Å²) >= 11 is 1.68. The third kappa shape index (κ3) is 4.99. The number of hydrogen-bond donors (Lipinski definition) is 2. The molecule has 0 saturated carbocycles. The summed E-state index contributed by atoms with van der Waals surface area (Å²) in [5.74, 6) is 0.726. The second kappa shape index (κ2) is 8.75. The van der Waals surface area contributed by atoms with Crippen LogP contribution in [-0.4, -0.2) is 59.4 Å². The van der Waals surface area contributed by atoms with Crippen molar-refractivity contribution in [1.82, 2.24) is 20.5 Å². The fourth-order valence-electron chi connectivity index (χ4n) is 2.44. The lowest BCUT2D eigenvalue weighted by Crippen LogP contribution is -2.56. The third-order valence-corrected chi connectivity index (χ3v) is 4.17. The first kappa shape index (κ1) is 16.8. The van der Waals surface area contributed by atoms with Gasteiger partial charge in [-0.3, -0.25) is 19.5 Å². The molecule has 0 aliphatic carbocycles. The minimum absolute atomic E-state index is 0.0739. The molecule has 7 heteroatoms. The fraction of sp³-hybridized carbons (Fsp3) is 0.533. The molecule has 1 saturated heterocycles. The Labute approximate surface area is 135 Å². The van der Waals surface area contributed by atoms with Crippen molar-refractivity contribution < 1.29 is 9.59 Å². The van der Waals surface area contributed by atoms with Crippen LogP contribution in [0.1, 0.15) is 12.0 Å². The number of amides is 2. The van der Waals surface area contributed by atoms with Gasteiger partial charge < -0.3 is 10.6 Å². The molecule has 0 bridgehead atoms. The second-order valence-corrected chi connectivity index (χ2v) is 6.17. The Balaban J connectivity index is 1.94. The number of pyridine rings is 1. The van der Waals surface area contributed by atoms with Gasteiger partial charge in [0.15, 0.2) is 0 Å². The first-order valence-electron chi connectivity index (χ1n) is 7.37. The molecular weight excluding hydrogens is 300 g/mol. The molecule has 0 aromatic carbocycles. The number of carbonyl (C=O) groups is 2. The van der Waals surface area contributed by atoms with Crippen molar-refractivity contribution in [2.24, 2.45) is 0 Å². The summed E-state index contributed by atoms with van der Waals surface area (Å²) in [7, 11) is 0. The lowest BCUT2D eigenvalue weighted by Gasteiger charge is -2.34. The van der Waals surface area contributed by atoms with E-state index < -0.39 is 6.04 Å². The lowest BCUT2D eigenvalue weighted by atomic mass is 10.1. The fourth-order valence-corrected chi connectivity index (χ4v) is 2.75. The predicted molar refractivity (Wildman–Crippen MR) is 87.5 cm³/mol. The maximum absolute atomic E-state index is 12.1. The van der Waals surface area contributed by atoms with E-state index in [9.17, 15) is 9.59 Å². The van der Waals surface area contributed by atoms with Crippen LogP contribution < -0.4 is 10.6 Å². The molecule has 6 nitrogen and oxygen atoms in total. The molecule has 1 atom stereocenters. The normalized spacial score (nSPS) is 18.8. The van der Waals surface area contributed by atoms with Gasteiger partial charge in [-0.05, 0) is 17.9 Å². The van der Waals surface area contributed by atoms with E-state index >= 15 is 0 Å². The highest BCUT2D eigenvalue weighted by Crippen LogP contribution is 2.13. The molecule has 1 aromatic rings. The quantitative estimate of drug-likeness (QED) is 0.704. The van der Waals surface area contributed by atoms with Crippen LogP contribution in [0.3, 0.4) is 0 Å². The van der Waals surface area contributed by atoms with E-state index in [0.717, 1.165) is 17.9 Å². The zero-order chi connectivity index (χ0) is 15.8. The van der Waals surface area contributed by atoms with E-state index in [1.165, 1.54) is 0 Å². The van der Waals surface area contributed by atoms with E-state index in [2.05, 4.69) is 15.6 Å². The smallest absolute Gasteiger partial charge is 0.237 e. The van der Waals surface area contributed by atoms with Crippen LogP contribution in [-0.2, 0) is 16.1 Å².